The molecule has 0 aromatic rings. The molecular weight excluding hydrogens is 603 g/mol. The molecule has 18 heteroatoms. The maximum atomic E-state index is 15.2. The van der Waals surface area contributed by atoms with Gasteiger partial charge in [0.2, 0.25) is 6.36 Å². The van der Waals surface area contributed by atoms with E-state index >= 15 is 4.39 Å². The summed E-state index contributed by atoms with van der Waals surface area (Å²) in [4.78, 5) is 83.3. The zero-order chi connectivity index (χ0) is 33.3. The zero-order valence-corrected chi connectivity index (χ0v) is 25.0. The first-order valence-corrected chi connectivity index (χ1v) is 13.2. The fourth-order valence-corrected chi connectivity index (χ4v) is 4.46. The van der Waals surface area contributed by atoms with Crippen LogP contribution in [0.25, 0.3) is 0 Å². The largest absolute Gasteiger partial charge is 0.463 e. The number of halogens is 1. The molecule has 2 heterocycles. The van der Waals surface area contributed by atoms with Crippen molar-refractivity contribution in [3.05, 3.63) is 0 Å². The third-order valence-electron chi connectivity index (χ3n) is 5.87. The Bertz CT molecular complexity index is 1090. The quantitative estimate of drug-likeness (QED) is 0.207. The van der Waals surface area contributed by atoms with E-state index < -0.39 is 116 Å². The number of ether oxygens (including phenoxy) is 10. The minimum atomic E-state index is -2.40. The Morgan fingerprint density at radius 2 is 0.841 bits per heavy atom. The Labute approximate surface area is 250 Å². The van der Waals surface area contributed by atoms with Crippen LogP contribution in [-0.2, 0) is 80.9 Å². The first-order valence-electron chi connectivity index (χ1n) is 13.2. The average Bonchev–Trinajstić information content (AvgIpc) is 2.87. The van der Waals surface area contributed by atoms with Gasteiger partial charge in [-0.25, -0.2) is 4.39 Å². The van der Waals surface area contributed by atoms with Gasteiger partial charge in [0.15, 0.2) is 36.8 Å². The Kier molecular flexibility index (Phi) is 13.4. The van der Waals surface area contributed by atoms with Gasteiger partial charge in [0.1, 0.15) is 31.5 Å². The smallest absolute Gasteiger partial charge is 0.303 e. The van der Waals surface area contributed by atoms with Crippen LogP contribution < -0.4 is 0 Å². The molecular formula is C26H35FO17. The molecule has 0 spiro atoms. The van der Waals surface area contributed by atoms with Crippen molar-refractivity contribution in [2.75, 3.05) is 13.2 Å². The van der Waals surface area contributed by atoms with Crippen LogP contribution in [0.3, 0.4) is 0 Å². The van der Waals surface area contributed by atoms with E-state index in [-0.39, 0.29) is 0 Å². The van der Waals surface area contributed by atoms with E-state index in [1.807, 2.05) is 0 Å². The molecule has 0 N–H and O–H groups in total. The Hall–Kier alpha value is -3.90. The fraction of sp³-hybridized carbons (Fsp3) is 0.731. The molecule has 0 radical (unpaired) electrons. The van der Waals surface area contributed by atoms with Gasteiger partial charge in [0.05, 0.1) is 0 Å². The highest BCUT2D eigenvalue weighted by atomic mass is 19.1. The topological polar surface area (TPSA) is 212 Å². The van der Waals surface area contributed by atoms with Crippen molar-refractivity contribution < 1.29 is 85.3 Å². The van der Waals surface area contributed by atoms with Crippen LogP contribution in [-0.4, -0.2) is 116 Å². The number of carbonyl (C=O) groups excluding carboxylic acids is 7. The molecule has 248 valence electrons. The molecule has 2 rings (SSSR count). The van der Waals surface area contributed by atoms with Gasteiger partial charge < -0.3 is 47.4 Å². The van der Waals surface area contributed by atoms with Gasteiger partial charge in [-0.1, -0.05) is 0 Å². The van der Waals surface area contributed by atoms with Crippen molar-refractivity contribution in [3.63, 3.8) is 0 Å². The average molecular weight is 639 g/mol. The van der Waals surface area contributed by atoms with E-state index in [2.05, 4.69) is 0 Å². The van der Waals surface area contributed by atoms with E-state index in [1.165, 1.54) is 0 Å². The van der Waals surface area contributed by atoms with E-state index in [1.54, 1.807) is 0 Å². The van der Waals surface area contributed by atoms with Crippen LogP contribution in [0.5, 0.6) is 0 Å². The van der Waals surface area contributed by atoms with Gasteiger partial charge >= 0.3 is 41.8 Å². The summed E-state index contributed by atoms with van der Waals surface area (Å²) in [6.45, 7) is 5.83. The number of hydrogen-bond donors (Lipinski definition) is 0. The van der Waals surface area contributed by atoms with E-state index in [9.17, 15) is 33.6 Å². The lowest BCUT2D eigenvalue weighted by atomic mass is 9.96. The second kappa shape index (κ2) is 16.2. The van der Waals surface area contributed by atoms with Gasteiger partial charge in [-0.2, -0.15) is 0 Å². The van der Waals surface area contributed by atoms with Gasteiger partial charge in [-0.3, -0.25) is 33.6 Å². The first kappa shape index (κ1) is 36.3. The number of carbonyl (C=O) groups is 7. The number of hydrogen-bond acceptors (Lipinski definition) is 17. The predicted molar refractivity (Wildman–Crippen MR) is 134 cm³/mol. The lowest BCUT2D eigenvalue weighted by Gasteiger charge is -2.47. The molecule has 2 fully saturated rings. The van der Waals surface area contributed by atoms with Gasteiger partial charge in [0, 0.05) is 48.5 Å². The summed E-state index contributed by atoms with van der Waals surface area (Å²) >= 11 is 0. The molecule has 0 saturated carbocycles. The molecule has 10 atom stereocenters. The molecule has 0 bridgehead atoms. The molecule has 2 aliphatic rings. The van der Waals surface area contributed by atoms with Crippen LogP contribution in [0.1, 0.15) is 48.5 Å². The second-order valence-corrected chi connectivity index (χ2v) is 9.64. The van der Waals surface area contributed by atoms with Crippen molar-refractivity contribution in [2.45, 2.75) is 110 Å². The molecule has 0 aromatic heterocycles. The van der Waals surface area contributed by atoms with E-state index in [4.69, 9.17) is 47.4 Å². The van der Waals surface area contributed by atoms with Crippen LogP contribution in [0.4, 0.5) is 4.39 Å². The summed E-state index contributed by atoms with van der Waals surface area (Å²) in [6, 6.07) is 0. The Morgan fingerprint density at radius 3 is 1.27 bits per heavy atom. The zero-order valence-electron chi connectivity index (χ0n) is 25.0. The van der Waals surface area contributed by atoms with Crippen molar-refractivity contribution >= 4 is 41.8 Å². The van der Waals surface area contributed by atoms with Crippen LogP contribution in [0.15, 0.2) is 0 Å². The summed E-state index contributed by atoms with van der Waals surface area (Å²) < 4.78 is 68.6. The van der Waals surface area contributed by atoms with Crippen molar-refractivity contribution in [2.24, 2.45) is 0 Å². The molecule has 2 aliphatic heterocycles. The van der Waals surface area contributed by atoms with Crippen LogP contribution in [0, 0.1) is 0 Å². The standard InChI is InChI=1S/C26H35FO17/c1-10(28)35-8-17-20(21(38-13(4)31)23(25(27)42-17)40-15(6)33)44-26-24(41-16(7)34)22(39-14(5)32)19(37-12(3)30)18(43-26)9-36-11(2)29/h17-26H,8-9H2,1-7H3. The summed E-state index contributed by atoms with van der Waals surface area (Å²) in [5.74, 6) is -6.27. The maximum absolute atomic E-state index is 15.2. The van der Waals surface area contributed by atoms with Gasteiger partial charge in [-0.05, 0) is 0 Å². The molecule has 2 saturated heterocycles. The van der Waals surface area contributed by atoms with Crippen molar-refractivity contribution in [1.29, 1.82) is 0 Å². The minimum Gasteiger partial charge on any atom is -0.463 e. The fourth-order valence-electron chi connectivity index (χ4n) is 4.46. The molecule has 44 heavy (non-hydrogen) atoms. The predicted octanol–water partition coefficient (Wildman–Crippen LogP) is -0.424. The van der Waals surface area contributed by atoms with Crippen LogP contribution in [0.2, 0.25) is 0 Å². The number of rotatable bonds is 11. The number of alkyl halides is 1. The lowest BCUT2D eigenvalue weighted by Crippen LogP contribution is -2.66. The van der Waals surface area contributed by atoms with Gasteiger partial charge in [-0.15, -0.1) is 0 Å². The monoisotopic (exact) mass is 638 g/mol. The van der Waals surface area contributed by atoms with Crippen molar-refractivity contribution in [3.8, 4) is 0 Å². The highest BCUT2D eigenvalue weighted by Crippen LogP contribution is 2.35. The molecule has 17 nitrogen and oxygen atoms in total. The lowest BCUT2D eigenvalue weighted by molar-refractivity contribution is -0.351. The minimum absolute atomic E-state index is 0.592. The highest BCUT2D eigenvalue weighted by Gasteiger charge is 2.57. The third kappa shape index (κ3) is 10.7. The molecule has 0 aliphatic carbocycles. The second-order valence-electron chi connectivity index (χ2n) is 9.64. The summed E-state index contributed by atoms with van der Waals surface area (Å²) in [7, 11) is 0. The molecule has 10 unspecified atom stereocenters. The SMILES string of the molecule is CC(=O)OCC1OC(F)C(OC(C)=O)C(OC(C)=O)C1OC1OC(COC(C)=O)C(OC(C)=O)C(OC(C)=O)C1OC(C)=O. The molecule has 0 amide bonds. The Morgan fingerprint density at radius 1 is 0.477 bits per heavy atom. The molecule has 0 aromatic carbocycles. The number of esters is 7. The van der Waals surface area contributed by atoms with Crippen LogP contribution >= 0.6 is 0 Å². The maximum Gasteiger partial charge on any atom is 0.303 e. The van der Waals surface area contributed by atoms with E-state index in [0.717, 1.165) is 48.5 Å². The summed E-state index contributed by atoms with van der Waals surface area (Å²) in [5.41, 5.74) is 0. The van der Waals surface area contributed by atoms with Crippen molar-refractivity contribution in [1.82, 2.24) is 0 Å². The van der Waals surface area contributed by atoms with E-state index in [0.29, 0.717) is 0 Å². The summed E-state index contributed by atoms with van der Waals surface area (Å²) in [5, 5.41) is 0. The normalized spacial score (nSPS) is 31.5. The summed E-state index contributed by atoms with van der Waals surface area (Å²) in [6.07, 6.45) is -17.5. The highest BCUT2D eigenvalue weighted by molar-refractivity contribution is 5.69. The Balaban J connectivity index is 2.66. The third-order valence-corrected chi connectivity index (χ3v) is 5.87. The first-order chi connectivity index (χ1) is 20.5. The van der Waals surface area contributed by atoms with Gasteiger partial charge in [0.25, 0.3) is 0 Å².